The Morgan fingerprint density at radius 1 is 1.09 bits per heavy atom. The van der Waals surface area contributed by atoms with Crippen LogP contribution in [0.3, 0.4) is 0 Å². The molecule has 1 unspecified atom stereocenters. The van der Waals surface area contributed by atoms with Crippen molar-refractivity contribution in [3.05, 3.63) is 76.0 Å². The number of pyridine rings is 1. The number of ketones is 2. The number of aromatic nitrogens is 1. The van der Waals surface area contributed by atoms with Crippen LogP contribution in [0.25, 0.3) is 0 Å². The maximum absolute atomic E-state index is 14.0. The first-order valence-electron chi connectivity index (χ1n) is 18.5. The highest BCUT2D eigenvalue weighted by atomic mass is 33.1. The van der Waals surface area contributed by atoms with Crippen LogP contribution in [0, 0.1) is 0 Å². The molecular weight excluding hydrogens is 763 g/mol. The van der Waals surface area contributed by atoms with Gasteiger partial charge in [-0.1, -0.05) is 29.0 Å². The number of aromatic hydroxyl groups is 2. The fourth-order valence-electron chi connectivity index (χ4n) is 8.48. The van der Waals surface area contributed by atoms with Crippen molar-refractivity contribution in [3.8, 4) is 11.5 Å². The molecule has 0 spiro atoms. The fraction of sp³-hybridized carbons (Fsp3) is 0.462. The molecular formula is C39H43N5O10S2. The van der Waals surface area contributed by atoms with Gasteiger partial charge in [-0.25, -0.2) is 10.4 Å². The summed E-state index contributed by atoms with van der Waals surface area (Å²) in [4.78, 5) is 47.2. The summed E-state index contributed by atoms with van der Waals surface area (Å²) in [5.74, 6) is -2.45. The average Bonchev–Trinajstić information content (AvgIpc) is 3.56. The Balaban J connectivity index is 1.10. The van der Waals surface area contributed by atoms with Crippen LogP contribution < -0.4 is 11.2 Å². The molecule has 0 saturated carbocycles. The zero-order valence-corrected chi connectivity index (χ0v) is 32.6. The number of hydrogen-bond donors (Lipinski definition) is 5. The molecule has 17 heteroatoms. The number of rotatable bonds is 9. The van der Waals surface area contributed by atoms with E-state index in [1.54, 1.807) is 6.20 Å². The number of fused-ring (bicyclic) bond motifs is 6. The predicted octanol–water partition coefficient (Wildman–Crippen LogP) is 3.86. The minimum absolute atomic E-state index is 0.00493. The lowest BCUT2D eigenvalue weighted by molar-refractivity contribution is -0.246. The van der Waals surface area contributed by atoms with E-state index >= 15 is 0 Å². The van der Waals surface area contributed by atoms with E-state index in [0.717, 1.165) is 5.03 Å². The lowest BCUT2D eigenvalue weighted by Gasteiger charge is -2.43. The van der Waals surface area contributed by atoms with Gasteiger partial charge in [0.25, 0.3) is 0 Å². The third-order valence-corrected chi connectivity index (χ3v) is 13.5. The Labute approximate surface area is 330 Å². The number of nitrogens with two attached hydrogens (primary N) is 1. The van der Waals surface area contributed by atoms with Gasteiger partial charge in [0.15, 0.2) is 17.9 Å². The Morgan fingerprint density at radius 2 is 1.89 bits per heavy atom. The number of aliphatic hydroxyl groups is 1. The summed E-state index contributed by atoms with van der Waals surface area (Å²) in [6, 6.07) is 9.96. The van der Waals surface area contributed by atoms with Crippen LogP contribution in [0.15, 0.2) is 52.7 Å². The molecule has 2 aromatic carbocycles. The van der Waals surface area contributed by atoms with Crippen molar-refractivity contribution in [2.45, 2.75) is 100 Å². The van der Waals surface area contributed by atoms with Crippen LogP contribution in [0.1, 0.15) is 89.1 Å². The number of nitrogens with one attached hydrogen (secondary N) is 1. The van der Waals surface area contributed by atoms with Crippen LogP contribution in [-0.4, -0.2) is 110 Å². The van der Waals surface area contributed by atoms with Gasteiger partial charge in [-0.3, -0.25) is 19.3 Å². The predicted molar refractivity (Wildman–Crippen MR) is 207 cm³/mol. The number of carbonyl (C=O) groups is 3. The van der Waals surface area contributed by atoms with Crippen molar-refractivity contribution in [1.82, 2.24) is 15.3 Å². The monoisotopic (exact) mass is 805 g/mol. The van der Waals surface area contributed by atoms with Gasteiger partial charge in [0.1, 0.15) is 34.5 Å². The number of anilines is 1. The molecule has 0 radical (unpaired) electrons. The molecule has 6 N–H and O–H groups in total. The highest BCUT2D eigenvalue weighted by molar-refractivity contribution is 8.76. The molecule has 15 nitrogen and oxygen atoms in total. The molecule has 3 fully saturated rings. The Morgan fingerprint density at radius 3 is 2.68 bits per heavy atom. The van der Waals surface area contributed by atoms with E-state index in [4.69, 9.17) is 24.7 Å². The number of nitrogens with zero attached hydrogens (tertiary/aromatic N) is 3. The second-order valence-corrected chi connectivity index (χ2v) is 17.2. The fourth-order valence-corrected chi connectivity index (χ4v) is 10.3. The van der Waals surface area contributed by atoms with Gasteiger partial charge in [0, 0.05) is 72.6 Å². The molecule has 3 aromatic rings. The van der Waals surface area contributed by atoms with E-state index in [9.17, 15) is 29.7 Å². The van der Waals surface area contributed by atoms with Crippen LogP contribution >= 0.6 is 21.6 Å². The molecule has 4 heterocycles. The molecule has 1 aromatic heterocycles. The third kappa shape index (κ3) is 6.87. The van der Waals surface area contributed by atoms with Crippen molar-refractivity contribution in [2.24, 2.45) is 5.10 Å². The van der Waals surface area contributed by atoms with Crippen LogP contribution in [0.4, 0.5) is 5.69 Å². The normalized spacial score (nSPS) is 29.9. The molecule has 0 bridgehead atoms. The lowest BCUT2D eigenvalue weighted by Crippen LogP contribution is -2.54. The number of hydrogen-bond acceptors (Lipinski definition) is 16. The zero-order chi connectivity index (χ0) is 39.5. The van der Waals surface area contributed by atoms with Crippen molar-refractivity contribution in [2.75, 3.05) is 24.6 Å². The zero-order valence-electron chi connectivity index (χ0n) is 31.0. The van der Waals surface area contributed by atoms with Crippen molar-refractivity contribution >= 4 is 50.5 Å². The topological polar surface area (TPSA) is 215 Å². The van der Waals surface area contributed by atoms with Crippen LogP contribution in [0.5, 0.6) is 11.5 Å². The highest BCUT2D eigenvalue weighted by Crippen LogP contribution is 2.53. The summed E-state index contributed by atoms with van der Waals surface area (Å²) in [5, 5.41) is 41.3. The van der Waals surface area contributed by atoms with Crippen molar-refractivity contribution in [1.29, 1.82) is 0 Å². The van der Waals surface area contributed by atoms with E-state index in [0.29, 0.717) is 25.3 Å². The number of ether oxygens (including phenoxy) is 4. The first-order chi connectivity index (χ1) is 26.9. The number of amides is 1. The standard InChI is InChI=1S/C39H43N5O10S2/c1-18-37-24(44-12-13-51-19(2)38(44)54-37)15-28(52-18)53-25-17-39(50,20(3)42-43-26(45)10-14-55-56-27-9-4-5-11-41-27)16-22-30(25)36(49)32-31(34(22)47)33(46)21-7-6-8-23(40)29(21)35(32)48/h4-9,11,18-19,24-25,28,37-38,47,49-50H,10,12-17,40H2,1-3H3,(H,43,45)/b42-20+/t18-,19+,24?,25-,28-,37+,38+,39-/m0/s1. The van der Waals surface area contributed by atoms with Gasteiger partial charge in [-0.05, 0) is 49.8 Å². The van der Waals surface area contributed by atoms with Crippen molar-refractivity contribution < 1.29 is 48.7 Å². The maximum atomic E-state index is 14.0. The molecule has 56 heavy (non-hydrogen) atoms. The van der Waals surface area contributed by atoms with Crippen molar-refractivity contribution in [3.63, 3.8) is 0 Å². The minimum Gasteiger partial charge on any atom is -0.507 e. The molecule has 3 aliphatic heterocycles. The molecule has 5 aliphatic rings. The molecule has 8 atom stereocenters. The number of benzene rings is 2. The van der Waals surface area contributed by atoms with Gasteiger partial charge in [-0.2, -0.15) is 5.10 Å². The first-order valence-corrected chi connectivity index (χ1v) is 20.9. The lowest BCUT2D eigenvalue weighted by atomic mass is 9.71. The van der Waals surface area contributed by atoms with Gasteiger partial charge in [0.05, 0.1) is 47.3 Å². The van der Waals surface area contributed by atoms with Gasteiger partial charge < -0.3 is 40.0 Å². The summed E-state index contributed by atoms with van der Waals surface area (Å²) in [5.41, 5.74) is 6.18. The van der Waals surface area contributed by atoms with E-state index < -0.39 is 52.7 Å². The molecule has 8 rings (SSSR count). The smallest absolute Gasteiger partial charge is 0.240 e. The molecule has 296 valence electrons. The second-order valence-electron chi connectivity index (χ2n) is 14.7. The second kappa shape index (κ2) is 15.4. The number of phenols is 2. The minimum atomic E-state index is -1.85. The van der Waals surface area contributed by atoms with Gasteiger partial charge >= 0.3 is 0 Å². The number of hydrazone groups is 1. The Kier molecular flexibility index (Phi) is 10.6. The summed E-state index contributed by atoms with van der Waals surface area (Å²) in [7, 11) is 2.92. The highest BCUT2D eigenvalue weighted by Gasteiger charge is 2.54. The summed E-state index contributed by atoms with van der Waals surface area (Å²) in [6.45, 7) is 6.60. The number of morpholine rings is 1. The summed E-state index contributed by atoms with van der Waals surface area (Å²) < 4.78 is 25.2. The largest absolute Gasteiger partial charge is 0.507 e. The Hall–Kier alpha value is -4.07. The van der Waals surface area contributed by atoms with E-state index in [1.165, 1.54) is 46.7 Å². The Bertz CT molecular complexity index is 2110. The first kappa shape index (κ1) is 38.8. The van der Waals surface area contributed by atoms with Crippen LogP contribution in [0.2, 0.25) is 0 Å². The van der Waals surface area contributed by atoms with E-state index in [-0.39, 0.29) is 88.9 Å². The quantitative estimate of drug-likeness (QED) is 0.0406. The summed E-state index contributed by atoms with van der Waals surface area (Å²) in [6.07, 6.45) is -1.39. The maximum Gasteiger partial charge on any atom is 0.240 e. The van der Waals surface area contributed by atoms with E-state index in [1.807, 2.05) is 32.0 Å². The van der Waals surface area contributed by atoms with Gasteiger partial charge in [-0.15, -0.1) is 0 Å². The number of nitrogen functional groups attached to an aromatic ring is 1. The average molecular weight is 806 g/mol. The third-order valence-electron chi connectivity index (χ3n) is 11.3. The number of phenolic OH excluding ortho intramolecular Hbond substituents is 2. The van der Waals surface area contributed by atoms with Crippen LogP contribution in [-0.2, 0) is 30.2 Å². The van der Waals surface area contributed by atoms with E-state index in [2.05, 4.69) is 20.4 Å². The van der Waals surface area contributed by atoms with Gasteiger partial charge in [0.2, 0.25) is 5.91 Å². The molecule has 2 aliphatic carbocycles. The number of carbonyl (C=O) groups excluding carboxylic acids is 3. The summed E-state index contributed by atoms with van der Waals surface area (Å²) >= 11 is 0. The molecule has 1 amide bonds. The molecule has 3 saturated heterocycles. The SMILES string of the molecule is C/C(=N\NC(=O)CCSSc1ccccn1)[C@]1(O)Cc2c(O)c3c(c(O)c2[C@@H](O[C@H]2CC4[C@H](O[C@@H]5[C@@H](C)OCCN45)[C@H](C)O2)C1)C(=O)c1c(N)cccc1C3=O.